The summed E-state index contributed by atoms with van der Waals surface area (Å²) in [5.74, 6) is 0.109. The SMILES string of the molecule is COCc1cc([N+](=O)[O-])ccc1NC[C@H]1CCN(CC(F)(F)F)C1. The fourth-order valence-electron chi connectivity index (χ4n) is 2.87. The zero-order valence-electron chi connectivity index (χ0n) is 13.3. The Kier molecular flexibility index (Phi) is 6.00. The highest BCUT2D eigenvalue weighted by atomic mass is 19.4. The minimum absolute atomic E-state index is 0.0233. The summed E-state index contributed by atoms with van der Waals surface area (Å²) >= 11 is 0. The van der Waals surface area contributed by atoms with Crippen LogP contribution in [0.25, 0.3) is 0 Å². The number of halogens is 3. The van der Waals surface area contributed by atoms with E-state index in [1.807, 2.05) is 0 Å². The molecule has 0 spiro atoms. The standard InChI is InChI=1S/C15H20F3N3O3/c1-24-9-12-6-13(21(22)23)2-3-14(12)19-7-11-4-5-20(8-11)10-15(16,17)18/h2-3,6,11,19H,4-5,7-10H2,1H3/t11-/m1/s1. The van der Waals surface area contributed by atoms with Crippen LogP contribution in [0, 0.1) is 16.0 Å². The lowest BCUT2D eigenvalue weighted by atomic mass is 10.1. The Hall–Kier alpha value is -1.87. The van der Waals surface area contributed by atoms with E-state index >= 15 is 0 Å². The zero-order valence-corrected chi connectivity index (χ0v) is 13.3. The number of hydrogen-bond acceptors (Lipinski definition) is 5. The second-order valence-electron chi connectivity index (χ2n) is 5.92. The molecule has 0 bridgehead atoms. The summed E-state index contributed by atoms with van der Waals surface area (Å²) in [5.41, 5.74) is 1.33. The predicted molar refractivity (Wildman–Crippen MR) is 82.9 cm³/mol. The highest BCUT2D eigenvalue weighted by molar-refractivity contribution is 5.55. The monoisotopic (exact) mass is 347 g/mol. The second-order valence-corrected chi connectivity index (χ2v) is 5.92. The molecule has 1 fully saturated rings. The molecule has 1 aromatic rings. The average Bonchev–Trinajstić information content (AvgIpc) is 2.91. The summed E-state index contributed by atoms with van der Waals surface area (Å²) in [6.45, 7) is 0.671. The molecule has 1 aliphatic heterocycles. The van der Waals surface area contributed by atoms with Gasteiger partial charge in [-0.25, -0.2) is 0 Å². The molecule has 0 saturated carbocycles. The maximum Gasteiger partial charge on any atom is 0.401 e. The number of benzene rings is 1. The first kappa shape index (κ1) is 18.5. The van der Waals surface area contributed by atoms with Crippen LogP contribution in [-0.2, 0) is 11.3 Å². The van der Waals surface area contributed by atoms with E-state index in [9.17, 15) is 23.3 Å². The molecule has 1 heterocycles. The molecule has 6 nitrogen and oxygen atoms in total. The Balaban J connectivity index is 1.93. The quantitative estimate of drug-likeness (QED) is 0.607. The molecule has 0 unspecified atom stereocenters. The van der Waals surface area contributed by atoms with Gasteiger partial charge in [0.2, 0.25) is 0 Å². The van der Waals surface area contributed by atoms with Crippen molar-refractivity contribution in [3.63, 3.8) is 0 Å². The lowest BCUT2D eigenvalue weighted by Crippen LogP contribution is -2.33. The summed E-state index contributed by atoms with van der Waals surface area (Å²) in [4.78, 5) is 11.8. The van der Waals surface area contributed by atoms with Crippen LogP contribution in [0.1, 0.15) is 12.0 Å². The van der Waals surface area contributed by atoms with Crippen molar-refractivity contribution in [1.29, 1.82) is 0 Å². The summed E-state index contributed by atoms with van der Waals surface area (Å²) in [5, 5.41) is 14.0. The zero-order chi connectivity index (χ0) is 17.7. The summed E-state index contributed by atoms with van der Waals surface area (Å²) in [6.07, 6.45) is -3.48. The molecule has 1 N–H and O–H groups in total. The van der Waals surface area contributed by atoms with Gasteiger partial charge in [-0.05, 0) is 24.9 Å². The first-order valence-corrected chi connectivity index (χ1v) is 7.57. The molecule has 2 rings (SSSR count). The largest absolute Gasteiger partial charge is 0.401 e. The van der Waals surface area contributed by atoms with Gasteiger partial charge in [-0.15, -0.1) is 0 Å². The number of hydrogen-bond donors (Lipinski definition) is 1. The van der Waals surface area contributed by atoms with E-state index in [0.29, 0.717) is 37.3 Å². The fraction of sp³-hybridized carbons (Fsp3) is 0.600. The van der Waals surface area contributed by atoms with Crippen LogP contribution in [0.15, 0.2) is 18.2 Å². The van der Waals surface area contributed by atoms with Crippen LogP contribution in [-0.4, -0.2) is 49.3 Å². The lowest BCUT2D eigenvalue weighted by Gasteiger charge is -2.18. The van der Waals surface area contributed by atoms with Crippen molar-refractivity contribution in [2.45, 2.75) is 19.2 Å². The van der Waals surface area contributed by atoms with E-state index < -0.39 is 17.6 Å². The molecule has 1 aromatic carbocycles. The van der Waals surface area contributed by atoms with Gasteiger partial charge in [0, 0.05) is 43.6 Å². The van der Waals surface area contributed by atoms with Gasteiger partial charge in [0.25, 0.3) is 5.69 Å². The lowest BCUT2D eigenvalue weighted by molar-refractivity contribution is -0.384. The number of alkyl halides is 3. The van der Waals surface area contributed by atoms with Gasteiger partial charge in [-0.3, -0.25) is 15.0 Å². The number of nitrogens with one attached hydrogen (secondary N) is 1. The van der Waals surface area contributed by atoms with Crippen LogP contribution in [0.4, 0.5) is 24.5 Å². The van der Waals surface area contributed by atoms with Crippen molar-refractivity contribution < 1.29 is 22.8 Å². The van der Waals surface area contributed by atoms with Gasteiger partial charge in [-0.1, -0.05) is 0 Å². The molecule has 24 heavy (non-hydrogen) atoms. The summed E-state index contributed by atoms with van der Waals surface area (Å²) < 4.78 is 42.3. The van der Waals surface area contributed by atoms with Gasteiger partial charge >= 0.3 is 6.18 Å². The first-order chi connectivity index (χ1) is 11.3. The number of likely N-dealkylation sites (tertiary alicyclic amines) is 1. The van der Waals surface area contributed by atoms with Crippen LogP contribution in [0.3, 0.4) is 0 Å². The molecule has 0 amide bonds. The van der Waals surface area contributed by atoms with E-state index in [1.165, 1.54) is 24.1 Å². The highest BCUT2D eigenvalue weighted by Gasteiger charge is 2.34. The number of nitrogens with zero attached hydrogens (tertiary/aromatic N) is 2. The van der Waals surface area contributed by atoms with E-state index in [-0.39, 0.29) is 18.2 Å². The van der Waals surface area contributed by atoms with Crippen molar-refractivity contribution in [3.8, 4) is 0 Å². The van der Waals surface area contributed by atoms with Gasteiger partial charge in [0.15, 0.2) is 0 Å². The number of anilines is 1. The van der Waals surface area contributed by atoms with Crippen LogP contribution in [0.2, 0.25) is 0 Å². The minimum Gasteiger partial charge on any atom is -0.384 e. The van der Waals surface area contributed by atoms with Crippen molar-refractivity contribution in [2.24, 2.45) is 5.92 Å². The predicted octanol–water partition coefficient (Wildman–Crippen LogP) is 3.04. The Morgan fingerprint density at radius 2 is 2.21 bits per heavy atom. The number of non-ortho nitro benzene ring substituents is 1. The average molecular weight is 347 g/mol. The summed E-state index contributed by atoms with van der Waals surface area (Å²) in [7, 11) is 1.49. The number of nitro benzene ring substituents is 1. The number of nitro groups is 1. The molecule has 0 aromatic heterocycles. The maximum absolute atomic E-state index is 12.4. The molecule has 0 radical (unpaired) electrons. The molecule has 9 heteroatoms. The second kappa shape index (κ2) is 7.80. The molecule has 134 valence electrons. The summed E-state index contributed by atoms with van der Waals surface area (Å²) in [6, 6.07) is 4.44. The molecule has 1 aliphatic rings. The molecule has 1 atom stereocenters. The van der Waals surface area contributed by atoms with Crippen LogP contribution in [0.5, 0.6) is 0 Å². The highest BCUT2D eigenvalue weighted by Crippen LogP contribution is 2.26. The molecule has 1 saturated heterocycles. The van der Waals surface area contributed by atoms with Gasteiger partial charge in [0.05, 0.1) is 18.1 Å². The third-order valence-electron chi connectivity index (χ3n) is 3.95. The van der Waals surface area contributed by atoms with Gasteiger partial charge in [0.1, 0.15) is 0 Å². The number of rotatable bonds is 7. The fourth-order valence-corrected chi connectivity index (χ4v) is 2.87. The minimum atomic E-state index is -4.17. The van der Waals surface area contributed by atoms with Gasteiger partial charge < -0.3 is 10.1 Å². The van der Waals surface area contributed by atoms with Crippen molar-refractivity contribution in [1.82, 2.24) is 4.90 Å². The molecular weight excluding hydrogens is 327 g/mol. The molecular formula is C15H20F3N3O3. The third kappa shape index (κ3) is 5.34. The topological polar surface area (TPSA) is 67.6 Å². The normalized spacial score (nSPS) is 18.8. The van der Waals surface area contributed by atoms with Crippen molar-refractivity contribution >= 4 is 11.4 Å². The first-order valence-electron chi connectivity index (χ1n) is 7.57. The Labute approximate surface area is 137 Å². The Morgan fingerprint density at radius 1 is 1.46 bits per heavy atom. The Morgan fingerprint density at radius 3 is 2.83 bits per heavy atom. The number of methoxy groups -OCH3 is 1. The third-order valence-corrected chi connectivity index (χ3v) is 3.95. The molecule has 0 aliphatic carbocycles. The van der Waals surface area contributed by atoms with E-state index in [4.69, 9.17) is 4.74 Å². The maximum atomic E-state index is 12.4. The smallest absolute Gasteiger partial charge is 0.384 e. The van der Waals surface area contributed by atoms with E-state index in [2.05, 4.69) is 5.32 Å². The van der Waals surface area contributed by atoms with Gasteiger partial charge in [-0.2, -0.15) is 13.2 Å². The number of ether oxygens (including phenoxy) is 1. The Bertz CT molecular complexity index is 581. The van der Waals surface area contributed by atoms with E-state index in [0.717, 1.165) is 0 Å². The van der Waals surface area contributed by atoms with Crippen LogP contribution >= 0.6 is 0 Å². The van der Waals surface area contributed by atoms with Crippen LogP contribution < -0.4 is 5.32 Å². The van der Waals surface area contributed by atoms with Crippen molar-refractivity contribution in [3.05, 3.63) is 33.9 Å². The van der Waals surface area contributed by atoms with Crippen molar-refractivity contribution in [2.75, 3.05) is 38.6 Å². The van der Waals surface area contributed by atoms with E-state index in [1.54, 1.807) is 6.07 Å².